The number of hydrogen-bond donors (Lipinski definition) is 2. The number of hydrogen-bond acceptors (Lipinski definition) is 9. The first-order valence-electron chi connectivity index (χ1n) is 9.72. The minimum Gasteiger partial charge on any atom is -0.378 e. The van der Waals surface area contributed by atoms with Crippen LogP contribution in [-0.4, -0.2) is 55.4 Å². The number of carbonyl (C=O) groups is 1. The summed E-state index contributed by atoms with van der Waals surface area (Å²) in [4.78, 5) is 15.0. The van der Waals surface area contributed by atoms with E-state index in [-0.39, 0.29) is 17.3 Å². The van der Waals surface area contributed by atoms with Crippen LogP contribution in [0.5, 0.6) is 0 Å². The molecule has 0 unspecified atom stereocenters. The first-order chi connectivity index (χ1) is 13.6. The third kappa shape index (κ3) is 4.53. The zero-order valence-corrected chi connectivity index (χ0v) is 16.3. The third-order valence-electron chi connectivity index (χ3n) is 5.02. The summed E-state index contributed by atoms with van der Waals surface area (Å²) in [7, 11) is 0. The van der Waals surface area contributed by atoms with Crippen molar-refractivity contribution in [3.63, 3.8) is 0 Å². The van der Waals surface area contributed by atoms with Crippen LogP contribution in [0.1, 0.15) is 62.1 Å². The lowest BCUT2D eigenvalue weighted by molar-refractivity contribution is 0.0944. The fourth-order valence-corrected chi connectivity index (χ4v) is 3.33. The van der Waals surface area contributed by atoms with Gasteiger partial charge in [-0.2, -0.15) is 9.78 Å². The van der Waals surface area contributed by atoms with Crippen LogP contribution in [0.3, 0.4) is 0 Å². The number of nitrogens with one attached hydrogen (secondary N) is 1. The molecule has 11 heteroatoms. The zero-order valence-electron chi connectivity index (χ0n) is 16.3. The van der Waals surface area contributed by atoms with Crippen molar-refractivity contribution in [2.24, 2.45) is 11.0 Å². The second-order valence-electron chi connectivity index (χ2n) is 6.85. The average Bonchev–Trinajstić information content (AvgIpc) is 3.32. The van der Waals surface area contributed by atoms with Gasteiger partial charge in [0.05, 0.1) is 0 Å². The molecule has 28 heavy (non-hydrogen) atoms. The Balaban J connectivity index is 1.83. The van der Waals surface area contributed by atoms with Gasteiger partial charge in [-0.1, -0.05) is 38.3 Å². The van der Waals surface area contributed by atoms with Crippen molar-refractivity contribution < 1.29 is 9.42 Å². The van der Waals surface area contributed by atoms with Crippen molar-refractivity contribution in [1.29, 1.82) is 0 Å². The van der Waals surface area contributed by atoms with Crippen molar-refractivity contribution >= 4 is 17.9 Å². The van der Waals surface area contributed by atoms with Gasteiger partial charge in [-0.05, 0) is 42.2 Å². The van der Waals surface area contributed by atoms with E-state index in [1.54, 1.807) is 0 Å². The lowest BCUT2D eigenvalue weighted by Crippen LogP contribution is -2.27. The van der Waals surface area contributed by atoms with Gasteiger partial charge in [-0.15, -0.1) is 5.10 Å². The lowest BCUT2D eigenvalue weighted by atomic mass is 9.90. The van der Waals surface area contributed by atoms with Crippen molar-refractivity contribution in [1.82, 2.24) is 35.6 Å². The first kappa shape index (κ1) is 19.9. The van der Waals surface area contributed by atoms with Crippen molar-refractivity contribution in [2.45, 2.75) is 52.5 Å². The Morgan fingerprint density at radius 2 is 2.07 bits per heavy atom. The molecule has 0 spiro atoms. The lowest BCUT2D eigenvalue weighted by Gasteiger charge is -2.17. The Kier molecular flexibility index (Phi) is 6.69. The van der Waals surface area contributed by atoms with Crippen LogP contribution < -0.4 is 11.2 Å². The molecule has 3 rings (SSSR count). The Morgan fingerprint density at radius 1 is 1.32 bits per heavy atom. The number of hydrazone groups is 1. The fourth-order valence-electron chi connectivity index (χ4n) is 3.33. The van der Waals surface area contributed by atoms with Gasteiger partial charge < -0.3 is 5.73 Å². The van der Waals surface area contributed by atoms with Gasteiger partial charge in [0.25, 0.3) is 5.91 Å². The molecule has 1 saturated carbocycles. The maximum absolute atomic E-state index is 12.9. The predicted molar refractivity (Wildman–Crippen MR) is 103 cm³/mol. The van der Waals surface area contributed by atoms with Crippen LogP contribution in [0.25, 0.3) is 5.82 Å². The Hall–Kier alpha value is -2.82. The van der Waals surface area contributed by atoms with E-state index in [1.165, 1.54) is 23.9 Å². The number of carbonyl (C=O) groups excluding carboxylic acids is 1. The monoisotopic (exact) mass is 389 g/mol. The van der Waals surface area contributed by atoms with E-state index >= 15 is 0 Å². The average molecular weight is 389 g/mol. The number of nitrogens with zero attached hydrogens (tertiary/aromatic N) is 7. The van der Waals surface area contributed by atoms with Gasteiger partial charge in [-0.3, -0.25) is 9.69 Å². The van der Waals surface area contributed by atoms with Gasteiger partial charge in [0.2, 0.25) is 11.6 Å². The van der Waals surface area contributed by atoms with Crippen molar-refractivity contribution in [3.8, 4) is 5.82 Å². The largest absolute Gasteiger partial charge is 0.378 e. The molecule has 2 heterocycles. The van der Waals surface area contributed by atoms with E-state index in [0.29, 0.717) is 18.2 Å². The fraction of sp³-hybridized carbons (Fsp3) is 0.647. The first-order valence-corrected chi connectivity index (χ1v) is 9.72. The maximum Gasteiger partial charge on any atom is 0.292 e. The molecule has 0 bridgehead atoms. The molecule has 2 aromatic rings. The summed E-state index contributed by atoms with van der Waals surface area (Å²) in [6, 6.07) is 0. The van der Waals surface area contributed by atoms with E-state index in [1.807, 2.05) is 20.1 Å². The van der Waals surface area contributed by atoms with Gasteiger partial charge >= 0.3 is 0 Å². The van der Waals surface area contributed by atoms with E-state index in [9.17, 15) is 4.79 Å². The molecule has 2 aromatic heterocycles. The van der Waals surface area contributed by atoms with Crippen LogP contribution in [0.2, 0.25) is 0 Å². The summed E-state index contributed by atoms with van der Waals surface area (Å²) in [5, 5.41) is 19.6. The highest BCUT2D eigenvalue weighted by Crippen LogP contribution is 2.22. The van der Waals surface area contributed by atoms with E-state index in [0.717, 1.165) is 25.9 Å². The normalized spacial score (nSPS) is 15.5. The zero-order chi connectivity index (χ0) is 19.9. The standard InChI is InChI=1S/C17H27N9O2/c1-3-25(4-2)11-13-14(26(24-20-13)16-15(18)22-28-23-16)17(27)21-19-10-12-8-6-5-7-9-12/h10,12H,3-9,11H2,1-2H3,(H2,18,22)(H,21,27)/b19-10+. The van der Waals surface area contributed by atoms with Crippen LogP contribution in [0.15, 0.2) is 9.73 Å². The molecule has 1 aliphatic rings. The van der Waals surface area contributed by atoms with E-state index in [4.69, 9.17) is 5.73 Å². The van der Waals surface area contributed by atoms with Gasteiger partial charge in [0, 0.05) is 12.8 Å². The maximum atomic E-state index is 12.9. The molecular weight excluding hydrogens is 362 g/mol. The molecule has 0 aromatic carbocycles. The molecule has 3 N–H and O–H groups in total. The van der Waals surface area contributed by atoms with E-state index < -0.39 is 5.91 Å². The Bertz CT molecular complexity index is 803. The highest BCUT2D eigenvalue weighted by atomic mass is 16.6. The topological polar surface area (TPSA) is 140 Å². The highest BCUT2D eigenvalue weighted by molar-refractivity contribution is 5.94. The minimum absolute atomic E-state index is 0.0269. The highest BCUT2D eigenvalue weighted by Gasteiger charge is 2.25. The molecule has 1 aliphatic carbocycles. The molecule has 0 saturated heterocycles. The molecule has 0 radical (unpaired) electrons. The van der Waals surface area contributed by atoms with E-state index in [2.05, 4.69) is 40.7 Å². The number of anilines is 1. The molecular formula is C17H27N9O2. The number of rotatable bonds is 8. The van der Waals surface area contributed by atoms with Crippen molar-refractivity contribution in [2.75, 3.05) is 18.8 Å². The molecule has 0 atom stereocenters. The van der Waals surface area contributed by atoms with Crippen molar-refractivity contribution in [3.05, 3.63) is 11.4 Å². The number of aromatic nitrogens is 5. The summed E-state index contributed by atoms with van der Waals surface area (Å²) in [6.45, 7) is 6.19. The number of amides is 1. The Morgan fingerprint density at radius 3 is 2.71 bits per heavy atom. The smallest absolute Gasteiger partial charge is 0.292 e. The number of nitrogen functional groups attached to an aromatic ring is 1. The van der Waals surface area contributed by atoms with Gasteiger partial charge in [0.1, 0.15) is 5.69 Å². The minimum atomic E-state index is -0.429. The SMILES string of the molecule is CCN(CC)Cc1nnn(-c2nonc2N)c1C(=O)N/N=C/C1CCCCC1. The number of nitrogens with two attached hydrogens (primary N) is 1. The summed E-state index contributed by atoms with van der Waals surface area (Å²) in [5.74, 6) is 0.128. The quantitative estimate of drug-likeness (QED) is 0.509. The van der Waals surface area contributed by atoms with Gasteiger partial charge in [0.15, 0.2) is 5.69 Å². The van der Waals surface area contributed by atoms with Gasteiger partial charge in [-0.25, -0.2) is 10.1 Å². The second-order valence-corrected chi connectivity index (χ2v) is 6.85. The molecule has 1 fully saturated rings. The molecule has 0 aliphatic heterocycles. The van der Waals surface area contributed by atoms with Crippen LogP contribution in [-0.2, 0) is 6.54 Å². The summed E-state index contributed by atoms with van der Waals surface area (Å²) < 4.78 is 5.89. The molecule has 11 nitrogen and oxygen atoms in total. The second kappa shape index (κ2) is 9.40. The summed E-state index contributed by atoms with van der Waals surface area (Å²) in [6.07, 6.45) is 7.70. The predicted octanol–water partition coefficient (Wildman–Crippen LogP) is 1.37. The molecule has 1 amide bonds. The summed E-state index contributed by atoms with van der Waals surface area (Å²) >= 11 is 0. The third-order valence-corrected chi connectivity index (χ3v) is 5.02. The summed E-state index contributed by atoms with van der Waals surface area (Å²) in [5.41, 5.74) is 9.10. The van der Waals surface area contributed by atoms with Crippen LogP contribution >= 0.6 is 0 Å². The van der Waals surface area contributed by atoms with Crippen LogP contribution in [0.4, 0.5) is 5.82 Å². The molecule has 152 valence electrons. The Labute approximate surface area is 163 Å². The van der Waals surface area contributed by atoms with Crippen LogP contribution in [0, 0.1) is 5.92 Å².